The molecule has 1 rings (SSSR count). The Hall–Kier alpha value is -1.88. The van der Waals surface area contributed by atoms with E-state index >= 15 is 0 Å². The molecule has 1 aromatic rings. The van der Waals surface area contributed by atoms with Crippen LogP contribution in [0, 0.1) is 0 Å². The Morgan fingerprint density at radius 2 is 1.60 bits per heavy atom. The van der Waals surface area contributed by atoms with Crippen LogP contribution in [0.5, 0.6) is 0 Å². The van der Waals surface area contributed by atoms with E-state index in [0.29, 0.717) is 12.1 Å². The first-order chi connectivity index (χ1) is 6.97. The number of hydrogen-bond acceptors (Lipinski definition) is 3. The standard InChI is InChI=1S/C8H9NO2.C2H4O2/c9-5-6-1-3-7(4-2-6)8(10)11;1-2(3)4/h1-4H,5,9H2,(H,10,11);1H3,(H,3,4). The van der Waals surface area contributed by atoms with E-state index in [9.17, 15) is 4.79 Å². The molecule has 15 heavy (non-hydrogen) atoms. The van der Waals surface area contributed by atoms with E-state index in [0.717, 1.165) is 12.5 Å². The highest BCUT2D eigenvalue weighted by Crippen LogP contribution is 2.02. The van der Waals surface area contributed by atoms with Crippen molar-refractivity contribution in [2.45, 2.75) is 13.5 Å². The number of benzene rings is 1. The summed E-state index contributed by atoms with van der Waals surface area (Å²) in [6, 6.07) is 6.52. The number of rotatable bonds is 2. The van der Waals surface area contributed by atoms with E-state index in [1.807, 2.05) is 0 Å². The lowest BCUT2D eigenvalue weighted by Gasteiger charge is -1.96. The Kier molecular flexibility index (Phi) is 5.73. The van der Waals surface area contributed by atoms with Crippen molar-refractivity contribution < 1.29 is 19.8 Å². The fourth-order valence-corrected chi connectivity index (χ4v) is 0.783. The quantitative estimate of drug-likeness (QED) is 0.675. The summed E-state index contributed by atoms with van der Waals surface area (Å²) >= 11 is 0. The van der Waals surface area contributed by atoms with Gasteiger partial charge in [-0.15, -0.1) is 0 Å². The summed E-state index contributed by atoms with van der Waals surface area (Å²) in [7, 11) is 0. The van der Waals surface area contributed by atoms with Crippen molar-refractivity contribution in [3.05, 3.63) is 35.4 Å². The molecule has 0 radical (unpaired) electrons. The molecule has 0 unspecified atom stereocenters. The third-order valence-corrected chi connectivity index (χ3v) is 1.44. The van der Waals surface area contributed by atoms with Crippen molar-refractivity contribution in [2.24, 2.45) is 5.73 Å². The molecule has 0 amide bonds. The summed E-state index contributed by atoms with van der Waals surface area (Å²) in [5.41, 5.74) is 6.56. The Morgan fingerprint density at radius 1 is 1.20 bits per heavy atom. The zero-order valence-corrected chi connectivity index (χ0v) is 8.30. The third kappa shape index (κ3) is 6.23. The smallest absolute Gasteiger partial charge is 0.335 e. The van der Waals surface area contributed by atoms with Gasteiger partial charge in [0, 0.05) is 13.5 Å². The molecule has 0 saturated heterocycles. The maximum Gasteiger partial charge on any atom is 0.335 e. The van der Waals surface area contributed by atoms with Crippen LogP contribution in [0.15, 0.2) is 24.3 Å². The van der Waals surface area contributed by atoms with Crippen LogP contribution in [-0.2, 0) is 11.3 Å². The molecule has 0 spiro atoms. The van der Waals surface area contributed by atoms with Crippen LogP contribution in [0.2, 0.25) is 0 Å². The number of carboxylic acid groups (broad SMARTS) is 2. The van der Waals surface area contributed by atoms with Crippen molar-refractivity contribution >= 4 is 11.9 Å². The van der Waals surface area contributed by atoms with Gasteiger partial charge in [0.25, 0.3) is 5.97 Å². The van der Waals surface area contributed by atoms with Gasteiger partial charge in [0.05, 0.1) is 5.56 Å². The molecule has 1 aromatic carbocycles. The van der Waals surface area contributed by atoms with E-state index < -0.39 is 11.9 Å². The lowest BCUT2D eigenvalue weighted by molar-refractivity contribution is -0.134. The molecule has 0 saturated carbocycles. The van der Waals surface area contributed by atoms with Gasteiger partial charge in [-0.25, -0.2) is 4.79 Å². The first-order valence-electron chi connectivity index (χ1n) is 4.19. The summed E-state index contributed by atoms with van der Waals surface area (Å²) < 4.78 is 0. The Labute approximate surface area is 87.1 Å². The van der Waals surface area contributed by atoms with Gasteiger partial charge >= 0.3 is 5.97 Å². The minimum absolute atomic E-state index is 0.294. The normalized spacial score (nSPS) is 8.67. The zero-order chi connectivity index (χ0) is 11.8. The first kappa shape index (κ1) is 13.1. The lowest BCUT2D eigenvalue weighted by atomic mass is 10.1. The molecular formula is C10H13NO4. The molecule has 0 bridgehead atoms. The average Bonchev–Trinajstić information content (AvgIpc) is 2.17. The second-order valence-electron chi connectivity index (χ2n) is 2.73. The molecule has 0 aliphatic carbocycles. The molecule has 82 valence electrons. The van der Waals surface area contributed by atoms with Gasteiger partial charge in [-0.1, -0.05) is 12.1 Å². The van der Waals surface area contributed by atoms with E-state index in [2.05, 4.69) is 0 Å². The van der Waals surface area contributed by atoms with E-state index in [-0.39, 0.29) is 0 Å². The highest BCUT2D eigenvalue weighted by molar-refractivity contribution is 5.87. The first-order valence-corrected chi connectivity index (χ1v) is 4.19. The minimum atomic E-state index is -0.909. The second kappa shape index (κ2) is 6.56. The molecule has 0 aliphatic heterocycles. The Bertz CT molecular complexity index is 328. The highest BCUT2D eigenvalue weighted by atomic mass is 16.4. The summed E-state index contributed by atoms with van der Waals surface area (Å²) in [6.07, 6.45) is 0. The third-order valence-electron chi connectivity index (χ3n) is 1.44. The predicted octanol–water partition coefficient (Wildman–Crippen LogP) is 0.934. The van der Waals surface area contributed by atoms with Gasteiger partial charge in [-0.05, 0) is 17.7 Å². The summed E-state index contributed by atoms with van der Waals surface area (Å²) in [5.74, 6) is -1.74. The van der Waals surface area contributed by atoms with Crippen molar-refractivity contribution in [3.8, 4) is 0 Å². The molecule has 0 fully saturated rings. The monoisotopic (exact) mass is 211 g/mol. The molecule has 5 nitrogen and oxygen atoms in total. The fourth-order valence-electron chi connectivity index (χ4n) is 0.783. The number of carbonyl (C=O) groups is 2. The van der Waals surface area contributed by atoms with Crippen LogP contribution in [0.1, 0.15) is 22.8 Å². The zero-order valence-electron chi connectivity index (χ0n) is 8.30. The van der Waals surface area contributed by atoms with E-state index in [4.69, 9.17) is 20.7 Å². The van der Waals surface area contributed by atoms with E-state index in [1.165, 1.54) is 0 Å². The van der Waals surface area contributed by atoms with Gasteiger partial charge in [-0.2, -0.15) is 0 Å². The minimum Gasteiger partial charge on any atom is -0.481 e. The van der Waals surface area contributed by atoms with Crippen molar-refractivity contribution in [2.75, 3.05) is 0 Å². The Balaban J connectivity index is 0.000000423. The molecule has 0 atom stereocenters. The van der Waals surface area contributed by atoms with Gasteiger partial charge < -0.3 is 15.9 Å². The summed E-state index contributed by atoms with van der Waals surface area (Å²) in [5, 5.41) is 15.9. The van der Waals surface area contributed by atoms with Gasteiger partial charge in [0.15, 0.2) is 0 Å². The fraction of sp³-hybridized carbons (Fsp3) is 0.200. The van der Waals surface area contributed by atoms with Crippen LogP contribution in [0.3, 0.4) is 0 Å². The average molecular weight is 211 g/mol. The predicted molar refractivity (Wildman–Crippen MR) is 54.6 cm³/mol. The number of aromatic carboxylic acids is 1. The number of aliphatic carboxylic acids is 1. The largest absolute Gasteiger partial charge is 0.481 e. The van der Waals surface area contributed by atoms with E-state index in [1.54, 1.807) is 24.3 Å². The number of hydrogen-bond donors (Lipinski definition) is 3. The molecule has 0 aliphatic rings. The maximum atomic E-state index is 10.4. The summed E-state index contributed by atoms with van der Waals surface area (Å²) in [4.78, 5) is 19.4. The van der Waals surface area contributed by atoms with Crippen LogP contribution in [0.25, 0.3) is 0 Å². The molecule has 0 aromatic heterocycles. The Morgan fingerprint density at radius 3 is 1.87 bits per heavy atom. The lowest BCUT2D eigenvalue weighted by Crippen LogP contribution is -1.99. The van der Waals surface area contributed by atoms with Crippen LogP contribution in [0.4, 0.5) is 0 Å². The number of carboxylic acids is 2. The SMILES string of the molecule is CC(=O)O.NCc1ccc(C(=O)O)cc1. The van der Waals surface area contributed by atoms with Gasteiger partial charge in [0.1, 0.15) is 0 Å². The van der Waals surface area contributed by atoms with Gasteiger partial charge in [-0.3, -0.25) is 4.79 Å². The van der Waals surface area contributed by atoms with Crippen LogP contribution in [-0.4, -0.2) is 22.2 Å². The topological polar surface area (TPSA) is 101 Å². The molecule has 5 heteroatoms. The molecular weight excluding hydrogens is 198 g/mol. The molecule has 0 heterocycles. The number of nitrogens with two attached hydrogens (primary N) is 1. The second-order valence-corrected chi connectivity index (χ2v) is 2.73. The highest BCUT2D eigenvalue weighted by Gasteiger charge is 1.99. The summed E-state index contributed by atoms with van der Waals surface area (Å²) in [6.45, 7) is 1.53. The maximum absolute atomic E-state index is 10.4. The van der Waals surface area contributed by atoms with Crippen molar-refractivity contribution in [1.29, 1.82) is 0 Å². The van der Waals surface area contributed by atoms with Crippen LogP contribution >= 0.6 is 0 Å². The van der Waals surface area contributed by atoms with Crippen molar-refractivity contribution in [3.63, 3.8) is 0 Å². The van der Waals surface area contributed by atoms with Crippen molar-refractivity contribution in [1.82, 2.24) is 0 Å². The van der Waals surface area contributed by atoms with Crippen LogP contribution < -0.4 is 5.73 Å². The molecule has 4 N–H and O–H groups in total. The van der Waals surface area contributed by atoms with Gasteiger partial charge in [0.2, 0.25) is 0 Å².